The van der Waals surface area contributed by atoms with Crippen LogP contribution in [0, 0.1) is 0 Å². The number of hydrogen-bond donors (Lipinski definition) is 2. The first-order valence-corrected chi connectivity index (χ1v) is 9.06. The minimum Gasteiger partial charge on any atom is -0.399 e. The van der Waals surface area contributed by atoms with E-state index >= 15 is 0 Å². The maximum absolute atomic E-state index is 5.77. The van der Waals surface area contributed by atoms with Crippen molar-refractivity contribution in [2.75, 3.05) is 11.1 Å². The Morgan fingerprint density at radius 3 is 2.48 bits per heavy atom. The average Bonchev–Trinajstić information content (AvgIpc) is 3.09. The van der Waals surface area contributed by atoms with Gasteiger partial charge in [-0.15, -0.1) is 11.3 Å². The molecule has 124 valence electrons. The summed E-state index contributed by atoms with van der Waals surface area (Å²) < 4.78 is 0. The SMILES string of the molecule is CCc1ccc(-c2csc3ncnc(Nc4ccc(N)cc4)c23)cc1. The zero-order valence-electron chi connectivity index (χ0n) is 13.9. The van der Waals surface area contributed by atoms with E-state index in [2.05, 4.69) is 51.9 Å². The van der Waals surface area contributed by atoms with E-state index in [4.69, 9.17) is 5.73 Å². The predicted molar refractivity (Wildman–Crippen MR) is 106 cm³/mol. The van der Waals surface area contributed by atoms with E-state index in [0.717, 1.165) is 39.4 Å². The molecule has 0 bridgehead atoms. The number of anilines is 3. The number of nitrogens with two attached hydrogens (primary N) is 1. The van der Waals surface area contributed by atoms with Crippen LogP contribution in [0.1, 0.15) is 12.5 Å². The minimum atomic E-state index is 0.741. The van der Waals surface area contributed by atoms with Crippen LogP contribution in [0.25, 0.3) is 21.3 Å². The second kappa shape index (κ2) is 6.53. The topological polar surface area (TPSA) is 63.8 Å². The van der Waals surface area contributed by atoms with E-state index in [1.165, 1.54) is 11.1 Å². The Bertz CT molecular complexity index is 1000. The Balaban J connectivity index is 1.79. The van der Waals surface area contributed by atoms with Crippen molar-refractivity contribution in [3.63, 3.8) is 0 Å². The van der Waals surface area contributed by atoms with Crippen LogP contribution >= 0.6 is 11.3 Å². The van der Waals surface area contributed by atoms with Gasteiger partial charge in [0.25, 0.3) is 0 Å². The summed E-state index contributed by atoms with van der Waals surface area (Å²) in [4.78, 5) is 9.87. The lowest BCUT2D eigenvalue weighted by Crippen LogP contribution is -1.96. The molecule has 2 aromatic carbocycles. The van der Waals surface area contributed by atoms with Crippen molar-refractivity contribution in [2.45, 2.75) is 13.3 Å². The van der Waals surface area contributed by atoms with E-state index in [0.29, 0.717) is 0 Å². The lowest BCUT2D eigenvalue weighted by atomic mass is 10.0. The van der Waals surface area contributed by atoms with Gasteiger partial charge in [-0.1, -0.05) is 31.2 Å². The highest BCUT2D eigenvalue weighted by Gasteiger charge is 2.13. The number of nitrogens with zero attached hydrogens (tertiary/aromatic N) is 2. The van der Waals surface area contributed by atoms with Gasteiger partial charge in [-0.05, 0) is 41.8 Å². The highest BCUT2D eigenvalue weighted by Crippen LogP contribution is 2.37. The summed E-state index contributed by atoms with van der Waals surface area (Å²) in [5, 5.41) is 6.59. The molecule has 4 nitrogen and oxygen atoms in total. The summed E-state index contributed by atoms with van der Waals surface area (Å²) >= 11 is 1.63. The van der Waals surface area contributed by atoms with E-state index in [1.807, 2.05) is 24.3 Å². The Kier molecular flexibility index (Phi) is 4.07. The third-order valence-corrected chi connectivity index (χ3v) is 5.10. The molecule has 3 N–H and O–H groups in total. The Labute approximate surface area is 150 Å². The first kappa shape index (κ1) is 15.6. The lowest BCUT2D eigenvalue weighted by molar-refractivity contribution is 1.14. The average molecular weight is 346 g/mol. The molecule has 0 aliphatic carbocycles. The molecule has 2 heterocycles. The zero-order chi connectivity index (χ0) is 17.2. The first-order chi connectivity index (χ1) is 12.2. The maximum Gasteiger partial charge on any atom is 0.143 e. The smallest absolute Gasteiger partial charge is 0.143 e. The van der Waals surface area contributed by atoms with E-state index < -0.39 is 0 Å². The van der Waals surface area contributed by atoms with Crippen molar-refractivity contribution in [1.29, 1.82) is 0 Å². The standard InChI is InChI=1S/C20H18N4S/c1-2-13-3-5-14(6-4-13)17-11-25-20-18(17)19(22-12-23-20)24-16-9-7-15(21)8-10-16/h3-12H,2,21H2,1H3,(H,22,23,24). The van der Waals surface area contributed by atoms with Gasteiger partial charge in [-0.25, -0.2) is 9.97 Å². The van der Waals surface area contributed by atoms with Gasteiger partial charge in [0.05, 0.1) is 5.39 Å². The molecule has 0 radical (unpaired) electrons. The molecular formula is C20H18N4S. The van der Waals surface area contributed by atoms with Crippen molar-refractivity contribution in [2.24, 2.45) is 0 Å². The van der Waals surface area contributed by atoms with Gasteiger partial charge in [0, 0.05) is 22.3 Å². The van der Waals surface area contributed by atoms with E-state index in [1.54, 1.807) is 17.7 Å². The number of aromatic nitrogens is 2. The molecule has 2 aromatic heterocycles. The molecular weight excluding hydrogens is 328 g/mol. The van der Waals surface area contributed by atoms with Gasteiger partial charge in [-0.2, -0.15) is 0 Å². The second-order valence-electron chi connectivity index (χ2n) is 5.85. The normalized spacial score (nSPS) is 10.9. The van der Waals surface area contributed by atoms with Gasteiger partial charge in [0.1, 0.15) is 17.0 Å². The molecule has 4 rings (SSSR count). The van der Waals surface area contributed by atoms with Gasteiger partial charge in [0.2, 0.25) is 0 Å². The molecule has 4 aromatic rings. The van der Waals surface area contributed by atoms with Crippen LogP contribution in [0.5, 0.6) is 0 Å². The summed E-state index contributed by atoms with van der Waals surface area (Å²) in [6, 6.07) is 16.3. The molecule has 5 heteroatoms. The fraction of sp³-hybridized carbons (Fsp3) is 0.100. The number of benzene rings is 2. The Hall–Kier alpha value is -2.92. The Morgan fingerprint density at radius 1 is 1.00 bits per heavy atom. The highest BCUT2D eigenvalue weighted by atomic mass is 32.1. The molecule has 0 aliphatic rings. The van der Waals surface area contributed by atoms with Crippen LogP contribution in [-0.4, -0.2) is 9.97 Å². The van der Waals surface area contributed by atoms with Crippen LogP contribution in [-0.2, 0) is 6.42 Å². The molecule has 0 saturated carbocycles. The van der Waals surface area contributed by atoms with Crippen molar-refractivity contribution < 1.29 is 0 Å². The zero-order valence-corrected chi connectivity index (χ0v) is 14.7. The summed E-state index contributed by atoms with van der Waals surface area (Å²) in [6.45, 7) is 2.16. The third kappa shape index (κ3) is 3.06. The van der Waals surface area contributed by atoms with Crippen molar-refractivity contribution in [1.82, 2.24) is 9.97 Å². The van der Waals surface area contributed by atoms with Gasteiger partial charge in [-0.3, -0.25) is 0 Å². The van der Waals surface area contributed by atoms with Crippen molar-refractivity contribution >= 4 is 38.7 Å². The lowest BCUT2D eigenvalue weighted by Gasteiger charge is -2.09. The van der Waals surface area contributed by atoms with Crippen LogP contribution < -0.4 is 11.1 Å². The molecule has 0 amide bonds. The highest BCUT2D eigenvalue weighted by molar-refractivity contribution is 7.17. The second-order valence-corrected chi connectivity index (χ2v) is 6.71. The monoisotopic (exact) mass is 346 g/mol. The van der Waals surface area contributed by atoms with Crippen molar-refractivity contribution in [3.8, 4) is 11.1 Å². The molecule has 0 unspecified atom stereocenters. The summed E-state index contributed by atoms with van der Waals surface area (Å²) in [5.74, 6) is 0.811. The minimum absolute atomic E-state index is 0.741. The number of rotatable bonds is 4. The quantitative estimate of drug-likeness (QED) is 0.496. The number of nitrogens with one attached hydrogen (secondary N) is 1. The van der Waals surface area contributed by atoms with Crippen LogP contribution in [0.2, 0.25) is 0 Å². The van der Waals surface area contributed by atoms with Gasteiger partial charge in [0.15, 0.2) is 0 Å². The number of fused-ring (bicyclic) bond motifs is 1. The van der Waals surface area contributed by atoms with Crippen LogP contribution in [0.3, 0.4) is 0 Å². The number of aryl methyl sites for hydroxylation is 1. The van der Waals surface area contributed by atoms with Crippen molar-refractivity contribution in [3.05, 3.63) is 65.8 Å². The van der Waals surface area contributed by atoms with Crippen LogP contribution in [0.15, 0.2) is 60.2 Å². The maximum atomic E-state index is 5.77. The largest absolute Gasteiger partial charge is 0.399 e. The number of nitrogen functional groups attached to an aromatic ring is 1. The summed E-state index contributed by atoms with van der Waals surface area (Å²) in [7, 11) is 0. The Morgan fingerprint density at radius 2 is 1.76 bits per heavy atom. The van der Waals surface area contributed by atoms with Gasteiger partial charge < -0.3 is 11.1 Å². The molecule has 0 spiro atoms. The molecule has 0 atom stereocenters. The summed E-state index contributed by atoms with van der Waals surface area (Å²) in [6.07, 6.45) is 2.64. The molecule has 0 fully saturated rings. The first-order valence-electron chi connectivity index (χ1n) is 8.18. The van der Waals surface area contributed by atoms with E-state index in [9.17, 15) is 0 Å². The van der Waals surface area contributed by atoms with E-state index in [-0.39, 0.29) is 0 Å². The fourth-order valence-electron chi connectivity index (χ4n) is 2.81. The number of hydrogen-bond acceptors (Lipinski definition) is 5. The molecule has 25 heavy (non-hydrogen) atoms. The van der Waals surface area contributed by atoms with Crippen LogP contribution in [0.4, 0.5) is 17.2 Å². The predicted octanol–water partition coefficient (Wildman–Crippen LogP) is 5.25. The third-order valence-electron chi connectivity index (χ3n) is 4.22. The summed E-state index contributed by atoms with van der Waals surface area (Å²) in [5.41, 5.74) is 11.1. The van der Waals surface area contributed by atoms with Gasteiger partial charge >= 0.3 is 0 Å². The number of thiophene rings is 1. The molecule has 0 aliphatic heterocycles. The molecule has 0 saturated heterocycles. The fourth-order valence-corrected chi connectivity index (χ4v) is 3.72.